The van der Waals surface area contributed by atoms with Crippen LogP contribution in [0.3, 0.4) is 0 Å². The highest BCUT2D eigenvalue weighted by molar-refractivity contribution is 7.93. The first-order valence-electron chi connectivity index (χ1n) is 11.2. The number of carbonyl (C=O) groups excluding carboxylic acids is 1. The molecular formula is C24H33N3O5S. The maximum atomic E-state index is 12.6. The number of sulfonamides is 1. The summed E-state index contributed by atoms with van der Waals surface area (Å²) in [5, 5.41) is 0. The van der Waals surface area contributed by atoms with Gasteiger partial charge < -0.3 is 14.4 Å². The molecule has 0 saturated carbocycles. The number of carbonyl (C=O) groups is 1. The lowest BCUT2D eigenvalue weighted by Crippen LogP contribution is -2.50. The minimum atomic E-state index is -3.80. The molecule has 0 radical (unpaired) electrons. The number of ether oxygens (including phenoxy) is 2. The average molecular weight is 476 g/mol. The van der Waals surface area contributed by atoms with Crippen molar-refractivity contribution in [2.75, 3.05) is 43.3 Å². The van der Waals surface area contributed by atoms with Gasteiger partial charge in [0, 0.05) is 38.4 Å². The Kier molecular flexibility index (Phi) is 8.57. The summed E-state index contributed by atoms with van der Waals surface area (Å²) in [4.78, 5) is 16.5. The van der Waals surface area contributed by atoms with Crippen molar-refractivity contribution >= 4 is 21.6 Å². The zero-order valence-electron chi connectivity index (χ0n) is 19.5. The van der Waals surface area contributed by atoms with E-state index < -0.39 is 15.8 Å². The molecule has 33 heavy (non-hydrogen) atoms. The maximum Gasteiger partial charge on any atom is 0.241 e. The number of benzene rings is 2. The van der Waals surface area contributed by atoms with Crippen LogP contribution in [-0.4, -0.2) is 68.8 Å². The van der Waals surface area contributed by atoms with E-state index in [-0.39, 0.29) is 12.0 Å². The van der Waals surface area contributed by atoms with E-state index >= 15 is 0 Å². The first kappa shape index (κ1) is 24.9. The van der Waals surface area contributed by atoms with Gasteiger partial charge in [0.05, 0.1) is 12.7 Å². The Hall–Kier alpha value is -2.78. The predicted octanol–water partition coefficient (Wildman–Crippen LogP) is 2.96. The van der Waals surface area contributed by atoms with E-state index in [0.29, 0.717) is 44.2 Å². The topological polar surface area (TPSA) is 88.2 Å². The molecule has 3 rings (SSSR count). The molecule has 1 aliphatic heterocycles. The molecule has 0 aliphatic carbocycles. The fourth-order valence-electron chi connectivity index (χ4n) is 3.61. The van der Waals surface area contributed by atoms with Crippen LogP contribution in [0.4, 0.5) is 5.69 Å². The van der Waals surface area contributed by atoms with E-state index in [1.54, 1.807) is 29.2 Å². The van der Waals surface area contributed by atoms with Gasteiger partial charge in [0.15, 0.2) is 0 Å². The molecule has 2 aromatic carbocycles. The summed E-state index contributed by atoms with van der Waals surface area (Å²) in [6.07, 6.45) is 0.0339. The van der Waals surface area contributed by atoms with Crippen LogP contribution >= 0.6 is 0 Å². The molecule has 2 aromatic rings. The highest BCUT2D eigenvalue weighted by Gasteiger charge is 2.25. The Morgan fingerprint density at radius 1 is 0.970 bits per heavy atom. The van der Waals surface area contributed by atoms with Crippen molar-refractivity contribution in [3.8, 4) is 11.5 Å². The highest BCUT2D eigenvalue weighted by Crippen LogP contribution is 2.18. The molecule has 9 heteroatoms. The second-order valence-corrected chi connectivity index (χ2v) is 10.0. The van der Waals surface area contributed by atoms with Crippen LogP contribution in [0, 0.1) is 0 Å². The molecule has 8 nitrogen and oxygen atoms in total. The normalized spacial score (nSPS) is 14.8. The average Bonchev–Trinajstić information content (AvgIpc) is 2.76. The molecule has 1 N–H and O–H groups in total. The van der Waals surface area contributed by atoms with Crippen molar-refractivity contribution in [2.45, 2.75) is 33.4 Å². The number of hydrogen-bond donors (Lipinski definition) is 1. The first-order chi connectivity index (χ1) is 15.7. The van der Waals surface area contributed by atoms with Gasteiger partial charge in [-0.3, -0.25) is 14.4 Å². The van der Waals surface area contributed by atoms with Gasteiger partial charge in [-0.15, -0.1) is 0 Å². The Morgan fingerprint density at radius 2 is 1.58 bits per heavy atom. The van der Waals surface area contributed by atoms with Crippen molar-refractivity contribution in [1.29, 1.82) is 0 Å². The number of nitrogens with one attached hydrogen (secondary N) is 1. The zero-order chi connectivity index (χ0) is 23.8. The number of piperazine rings is 1. The number of rotatable bonds is 10. The third-order valence-electron chi connectivity index (χ3n) is 5.18. The quantitative estimate of drug-likeness (QED) is 0.569. The molecule has 1 amide bonds. The van der Waals surface area contributed by atoms with E-state index in [0.717, 1.165) is 12.3 Å². The lowest BCUT2D eigenvalue weighted by molar-refractivity contribution is -0.130. The minimum absolute atomic E-state index is 0.0339. The van der Waals surface area contributed by atoms with Gasteiger partial charge in [-0.05, 0) is 62.7 Å². The molecule has 0 atom stereocenters. The molecular weight excluding hydrogens is 442 g/mol. The van der Waals surface area contributed by atoms with Crippen LogP contribution in [0.15, 0.2) is 48.5 Å². The first-order valence-corrected chi connectivity index (χ1v) is 12.9. The monoisotopic (exact) mass is 475 g/mol. The standard InChI is InChI=1S/C24H33N3O5S/c1-4-31-22-9-5-20(6-10-22)17-26-13-15-27(16-14-26)24(28)18-33(29,30)25-21-7-11-23(12-8-21)32-19(2)3/h5-12,19,25H,4,13-18H2,1-3H3. The van der Waals surface area contributed by atoms with Gasteiger partial charge in [0.2, 0.25) is 15.9 Å². The largest absolute Gasteiger partial charge is 0.494 e. The summed E-state index contributed by atoms with van der Waals surface area (Å²) >= 11 is 0. The summed E-state index contributed by atoms with van der Waals surface area (Å²) in [5.74, 6) is 0.553. The van der Waals surface area contributed by atoms with Crippen molar-refractivity contribution < 1.29 is 22.7 Å². The SMILES string of the molecule is CCOc1ccc(CN2CCN(C(=O)CS(=O)(=O)Nc3ccc(OC(C)C)cc3)CC2)cc1. The van der Waals surface area contributed by atoms with E-state index in [1.807, 2.05) is 45.0 Å². The van der Waals surface area contributed by atoms with Gasteiger partial charge in [0.1, 0.15) is 17.3 Å². The molecule has 180 valence electrons. The number of nitrogens with zero attached hydrogens (tertiary/aromatic N) is 2. The summed E-state index contributed by atoms with van der Waals surface area (Å²) in [5.41, 5.74) is 1.58. The van der Waals surface area contributed by atoms with Crippen molar-refractivity contribution in [3.63, 3.8) is 0 Å². The van der Waals surface area contributed by atoms with Crippen molar-refractivity contribution in [1.82, 2.24) is 9.80 Å². The second kappa shape index (κ2) is 11.4. The van der Waals surface area contributed by atoms with Crippen LogP contribution in [0.5, 0.6) is 11.5 Å². The molecule has 1 saturated heterocycles. The Morgan fingerprint density at radius 3 is 2.15 bits per heavy atom. The molecule has 0 bridgehead atoms. The summed E-state index contributed by atoms with van der Waals surface area (Å²) < 4.78 is 38.5. The van der Waals surface area contributed by atoms with Crippen molar-refractivity contribution in [2.24, 2.45) is 0 Å². The van der Waals surface area contributed by atoms with Crippen LogP contribution in [0.2, 0.25) is 0 Å². The summed E-state index contributed by atoms with van der Waals surface area (Å²) in [7, 11) is -3.80. The van der Waals surface area contributed by atoms with Crippen LogP contribution < -0.4 is 14.2 Å². The second-order valence-electron chi connectivity index (χ2n) is 8.29. The minimum Gasteiger partial charge on any atom is -0.494 e. The summed E-state index contributed by atoms with van der Waals surface area (Å²) in [6.45, 7) is 9.62. The zero-order valence-corrected chi connectivity index (χ0v) is 20.3. The number of amides is 1. The molecule has 1 fully saturated rings. The van der Waals surface area contributed by atoms with E-state index in [1.165, 1.54) is 5.56 Å². The van der Waals surface area contributed by atoms with Crippen LogP contribution in [-0.2, 0) is 21.4 Å². The number of anilines is 1. The highest BCUT2D eigenvalue weighted by atomic mass is 32.2. The maximum absolute atomic E-state index is 12.6. The predicted molar refractivity (Wildman–Crippen MR) is 129 cm³/mol. The van der Waals surface area contributed by atoms with E-state index in [4.69, 9.17) is 9.47 Å². The molecule has 0 aromatic heterocycles. The van der Waals surface area contributed by atoms with Crippen LogP contribution in [0.1, 0.15) is 26.3 Å². The van der Waals surface area contributed by atoms with Gasteiger partial charge in [0.25, 0.3) is 0 Å². The van der Waals surface area contributed by atoms with Gasteiger partial charge in [-0.2, -0.15) is 0 Å². The third kappa shape index (κ3) is 7.94. The number of hydrogen-bond acceptors (Lipinski definition) is 6. The molecule has 1 heterocycles. The summed E-state index contributed by atoms with van der Waals surface area (Å²) in [6, 6.07) is 14.7. The molecule has 1 aliphatic rings. The van der Waals surface area contributed by atoms with Gasteiger partial charge >= 0.3 is 0 Å². The third-order valence-corrected chi connectivity index (χ3v) is 6.35. The Bertz CT molecular complexity index is 999. The van der Waals surface area contributed by atoms with Gasteiger partial charge in [-0.1, -0.05) is 12.1 Å². The Labute approximate surface area is 196 Å². The van der Waals surface area contributed by atoms with Gasteiger partial charge in [-0.25, -0.2) is 8.42 Å². The lowest BCUT2D eigenvalue weighted by atomic mass is 10.2. The molecule has 0 unspecified atom stereocenters. The van der Waals surface area contributed by atoms with E-state index in [2.05, 4.69) is 9.62 Å². The van der Waals surface area contributed by atoms with E-state index in [9.17, 15) is 13.2 Å². The Balaban J connectivity index is 1.45. The molecule has 0 spiro atoms. The van der Waals surface area contributed by atoms with Crippen molar-refractivity contribution in [3.05, 3.63) is 54.1 Å². The smallest absolute Gasteiger partial charge is 0.241 e. The lowest BCUT2D eigenvalue weighted by Gasteiger charge is -2.34. The fraction of sp³-hybridized carbons (Fsp3) is 0.458. The fourth-order valence-corrected chi connectivity index (χ4v) is 4.69. The van der Waals surface area contributed by atoms with Crippen LogP contribution in [0.25, 0.3) is 0 Å².